The predicted molar refractivity (Wildman–Crippen MR) is 93.3 cm³/mol. The fourth-order valence-corrected chi connectivity index (χ4v) is 2.45. The van der Waals surface area contributed by atoms with Crippen LogP contribution >= 0.6 is 0 Å². The maximum absolute atomic E-state index is 13.3. The minimum Gasteiger partial charge on any atom is -0.355 e. The fourth-order valence-electron chi connectivity index (χ4n) is 2.45. The van der Waals surface area contributed by atoms with Crippen LogP contribution in [0.4, 0.5) is 8.78 Å². The summed E-state index contributed by atoms with van der Waals surface area (Å²) in [6.07, 6.45) is 0.771. The topological polar surface area (TPSA) is 70.7 Å². The Hall–Kier alpha value is -3.09. The average Bonchev–Trinajstić information content (AvgIpc) is 3.08. The molecule has 26 heavy (non-hydrogen) atoms. The van der Waals surface area contributed by atoms with Gasteiger partial charge in [-0.2, -0.15) is 5.10 Å². The third kappa shape index (κ3) is 4.50. The maximum Gasteiger partial charge on any atom is 0.224 e. The van der Waals surface area contributed by atoms with Gasteiger partial charge in [0.1, 0.15) is 5.82 Å². The standard InChI is InChI=1S/C19H18F2N4O/c1-12-2-4-13(5-3-12)10-18(26)22-9-8-17-23-19(25-24-17)14-6-7-15(20)16(21)11-14/h2-7,11H,8-10H2,1H3,(H,22,26)(H,23,24,25). The van der Waals surface area contributed by atoms with Crippen molar-refractivity contribution in [3.05, 3.63) is 71.1 Å². The zero-order valence-corrected chi connectivity index (χ0v) is 14.2. The molecule has 2 N–H and O–H groups in total. The Kier molecular flexibility index (Phi) is 5.36. The summed E-state index contributed by atoms with van der Waals surface area (Å²) in [5.74, 6) is -1.10. The smallest absolute Gasteiger partial charge is 0.224 e. The van der Waals surface area contributed by atoms with Crippen LogP contribution in [-0.2, 0) is 17.6 Å². The quantitative estimate of drug-likeness (QED) is 0.713. The highest BCUT2D eigenvalue weighted by molar-refractivity contribution is 5.78. The van der Waals surface area contributed by atoms with Gasteiger partial charge in [-0.05, 0) is 30.7 Å². The van der Waals surface area contributed by atoms with Crippen LogP contribution in [0.25, 0.3) is 11.4 Å². The number of nitrogens with zero attached hydrogens (tertiary/aromatic N) is 2. The van der Waals surface area contributed by atoms with E-state index in [1.165, 1.54) is 6.07 Å². The van der Waals surface area contributed by atoms with E-state index in [4.69, 9.17) is 0 Å². The monoisotopic (exact) mass is 356 g/mol. The molecule has 1 aromatic heterocycles. The van der Waals surface area contributed by atoms with E-state index < -0.39 is 11.6 Å². The molecule has 7 heteroatoms. The van der Waals surface area contributed by atoms with Gasteiger partial charge in [0.25, 0.3) is 0 Å². The summed E-state index contributed by atoms with van der Waals surface area (Å²) in [5, 5.41) is 9.56. The molecule has 3 aromatic rings. The average molecular weight is 356 g/mol. The zero-order valence-electron chi connectivity index (χ0n) is 14.2. The highest BCUT2D eigenvalue weighted by atomic mass is 19.2. The molecular weight excluding hydrogens is 338 g/mol. The molecule has 134 valence electrons. The minimum absolute atomic E-state index is 0.0748. The number of carbonyl (C=O) groups is 1. The van der Waals surface area contributed by atoms with Crippen LogP contribution in [0.3, 0.4) is 0 Å². The van der Waals surface area contributed by atoms with Crippen molar-refractivity contribution in [3.63, 3.8) is 0 Å². The minimum atomic E-state index is -0.947. The molecule has 0 fully saturated rings. The van der Waals surface area contributed by atoms with Crippen molar-refractivity contribution in [2.45, 2.75) is 19.8 Å². The van der Waals surface area contributed by atoms with E-state index in [0.29, 0.717) is 30.8 Å². The second-order valence-electron chi connectivity index (χ2n) is 6.00. The number of H-pyrrole nitrogens is 1. The molecule has 0 radical (unpaired) electrons. The normalized spacial score (nSPS) is 10.7. The van der Waals surface area contributed by atoms with Crippen LogP contribution in [0.1, 0.15) is 17.0 Å². The van der Waals surface area contributed by atoms with Gasteiger partial charge in [-0.15, -0.1) is 0 Å². The second-order valence-corrected chi connectivity index (χ2v) is 6.00. The van der Waals surface area contributed by atoms with Gasteiger partial charge in [0.05, 0.1) is 6.42 Å². The van der Waals surface area contributed by atoms with Crippen LogP contribution in [0.5, 0.6) is 0 Å². The van der Waals surface area contributed by atoms with E-state index in [1.807, 2.05) is 31.2 Å². The third-order valence-electron chi connectivity index (χ3n) is 3.88. The molecule has 0 aliphatic rings. The fraction of sp³-hybridized carbons (Fsp3) is 0.211. The number of nitrogens with one attached hydrogen (secondary N) is 2. The lowest BCUT2D eigenvalue weighted by Crippen LogP contribution is -2.27. The van der Waals surface area contributed by atoms with E-state index in [-0.39, 0.29) is 11.7 Å². The second kappa shape index (κ2) is 7.86. The molecule has 0 aliphatic carbocycles. The van der Waals surface area contributed by atoms with E-state index in [1.54, 1.807) is 0 Å². The van der Waals surface area contributed by atoms with E-state index in [0.717, 1.165) is 23.3 Å². The Bertz CT molecular complexity index is 906. The summed E-state index contributed by atoms with van der Waals surface area (Å²) in [4.78, 5) is 16.2. The Morgan fingerprint density at radius 1 is 1.12 bits per heavy atom. The van der Waals surface area contributed by atoms with Gasteiger partial charge in [0, 0.05) is 18.5 Å². The molecule has 0 aliphatic heterocycles. The van der Waals surface area contributed by atoms with Crippen LogP contribution in [0.15, 0.2) is 42.5 Å². The van der Waals surface area contributed by atoms with Gasteiger partial charge in [-0.3, -0.25) is 9.89 Å². The highest BCUT2D eigenvalue weighted by Crippen LogP contribution is 2.17. The van der Waals surface area contributed by atoms with Gasteiger partial charge in [-0.1, -0.05) is 29.8 Å². The molecule has 0 atom stereocenters. The number of hydrogen-bond donors (Lipinski definition) is 2. The van der Waals surface area contributed by atoms with Gasteiger partial charge < -0.3 is 5.32 Å². The lowest BCUT2D eigenvalue weighted by molar-refractivity contribution is -0.120. The number of benzene rings is 2. The van der Waals surface area contributed by atoms with Crippen LogP contribution in [0.2, 0.25) is 0 Å². The van der Waals surface area contributed by atoms with Crippen LogP contribution < -0.4 is 5.32 Å². The first kappa shape index (κ1) is 17.7. The van der Waals surface area contributed by atoms with E-state index >= 15 is 0 Å². The summed E-state index contributed by atoms with van der Waals surface area (Å²) in [6, 6.07) is 11.3. The van der Waals surface area contributed by atoms with Crippen molar-refractivity contribution in [3.8, 4) is 11.4 Å². The number of aromatic amines is 1. The SMILES string of the molecule is Cc1ccc(CC(=O)NCCc2nc(-c3ccc(F)c(F)c3)n[nH]2)cc1. The highest BCUT2D eigenvalue weighted by Gasteiger charge is 2.10. The Balaban J connectivity index is 1.51. The number of amides is 1. The molecular formula is C19H18F2N4O. The molecule has 2 aromatic carbocycles. The molecule has 1 amide bonds. The summed E-state index contributed by atoms with van der Waals surface area (Å²) in [5.41, 5.74) is 2.49. The third-order valence-corrected chi connectivity index (χ3v) is 3.88. The van der Waals surface area contributed by atoms with Gasteiger partial charge in [-0.25, -0.2) is 13.8 Å². The zero-order chi connectivity index (χ0) is 18.5. The number of rotatable bonds is 6. The number of halogens is 2. The van der Waals surface area contributed by atoms with Crippen molar-refractivity contribution in [2.75, 3.05) is 6.54 Å². The molecule has 0 saturated heterocycles. The number of hydrogen-bond acceptors (Lipinski definition) is 3. The Morgan fingerprint density at radius 2 is 1.88 bits per heavy atom. The lowest BCUT2D eigenvalue weighted by atomic mass is 10.1. The summed E-state index contributed by atoms with van der Waals surface area (Å²) < 4.78 is 26.2. The Morgan fingerprint density at radius 3 is 2.62 bits per heavy atom. The number of aromatic nitrogens is 3. The predicted octanol–water partition coefficient (Wildman–Crippen LogP) is 2.96. The molecule has 1 heterocycles. The summed E-state index contributed by atoms with van der Waals surface area (Å²) in [7, 11) is 0. The van der Waals surface area contributed by atoms with Crippen molar-refractivity contribution in [1.29, 1.82) is 0 Å². The van der Waals surface area contributed by atoms with E-state index in [9.17, 15) is 13.6 Å². The first-order valence-corrected chi connectivity index (χ1v) is 8.20. The molecule has 3 rings (SSSR count). The first-order valence-electron chi connectivity index (χ1n) is 8.20. The van der Waals surface area contributed by atoms with Crippen LogP contribution in [-0.4, -0.2) is 27.6 Å². The van der Waals surface area contributed by atoms with Crippen molar-refractivity contribution >= 4 is 5.91 Å². The summed E-state index contributed by atoms with van der Waals surface area (Å²) >= 11 is 0. The molecule has 0 spiro atoms. The van der Waals surface area contributed by atoms with Crippen LogP contribution in [0, 0.1) is 18.6 Å². The molecule has 0 saturated carbocycles. The van der Waals surface area contributed by atoms with Gasteiger partial charge in [0.2, 0.25) is 5.91 Å². The van der Waals surface area contributed by atoms with Crippen molar-refractivity contribution < 1.29 is 13.6 Å². The van der Waals surface area contributed by atoms with Crippen molar-refractivity contribution in [2.24, 2.45) is 0 Å². The number of aryl methyl sites for hydroxylation is 1. The summed E-state index contributed by atoms with van der Waals surface area (Å²) in [6.45, 7) is 2.40. The molecule has 0 bridgehead atoms. The molecule has 5 nitrogen and oxygen atoms in total. The van der Waals surface area contributed by atoms with Gasteiger partial charge >= 0.3 is 0 Å². The Labute approximate surface area is 149 Å². The maximum atomic E-state index is 13.3. The first-order chi connectivity index (χ1) is 12.5. The van der Waals surface area contributed by atoms with Gasteiger partial charge in [0.15, 0.2) is 17.5 Å². The van der Waals surface area contributed by atoms with E-state index in [2.05, 4.69) is 20.5 Å². The lowest BCUT2D eigenvalue weighted by Gasteiger charge is -2.04. The molecule has 0 unspecified atom stereocenters. The number of carbonyl (C=O) groups excluding carboxylic acids is 1. The van der Waals surface area contributed by atoms with Crippen molar-refractivity contribution in [1.82, 2.24) is 20.5 Å². The largest absolute Gasteiger partial charge is 0.355 e.